The van der Waals surface area contributed by atoms with Gasteiger partial charge >= 0.3 is 12.1 Å². The highest BCUT2D eigenvalue weighted by Gasteiger charge is 2.32. The second kappa shape index (κ2) is 9.50. The number of carboxylic acid groups (broad SMARTS) is 1. The van der Waals surface area contributed by atoms with Crippen LogP contribution in [0.3, 0.4) is 0 Å². The highest BCUT2D eigenvalue weighted by Crippen LogP contribution is 2.38. The van der Waals surface area contributed by atoms with Crippen LogP contribution >= 0.6 is 0 Å². The van der Waals surface area contributed by atoms with E-state index in [-0.39, 0.29) is 22.8 Å². The summed E-state index contributed by atoms with van der Waals surface area (Å²) in [4.78, 5) is 11.0. The molecule has 0 aliphatic heterocycles. The molecule has 0 fully saturated rings. The zero-order valence-corrected chi connectivity index (χ0v) is 19.5. The van der Waals surface area contributed by atoms with Crippen molar-refractivity contribution in [3.05, 3.63) is 82.9 Å². The third kappa shape index (κ3) is 5.25. The van der Waals surface area contributed by atoms with E-state index in [1.165, 1.54) is 25.3 Å². The summed E-state index contributed by atoms with van der Waals surface area (Å²) >= 11 is 0. The van der Waals surface area contributed by atoms with Crippen LogP contribution in [0, 0.1) is 0 Å². The minimum Gasteiger partial charge on any atom is -0.495 e. The van der Waals surface area contributed by atoms with Crippen molar-refractivity contribution in [1.82, 2.24) is 0 Å². The van der Waals surface area contributed by atoms with Crippen molar-refractivity contribution in [2.24, 2.45) is 0 Å². The Morgan fingerprint density at radius 1 is 1.00 bits per heavy atom. The van der Waals surface area contributed by atoms with Crippen LogP contribution in [0.2, 0.25) is 0 Å². The van der Waals surface area contributed by atoms with Crippen molar-refractivity contribution in [3.8, 4) is 16.9 Å². The number of sulfone groups is 1. The molecule has 0 heterocycles. The number of carboxylic acids is 1. The lowest BCUT2D eigenvalue weighted by Crippen LogP contribution is -2.12. The Balaban J connectivity index is 2.23. The number of ether oxygens (including phenoxy) is 1. The van der Waals surface area contributed by atoms with E-state index >= 15 is 0 Å². The highest BCUT2D eigenvalue weighted by molar-refractivity contribution is 7.90. The molecule has 0 amide bonds. The molecule has 0 unspecified atom stereocenters. The fourth-order valence-corrected chi connectivity index (χ4v) is 5.30. The summed E-state index contributed by atoms with van der Waals surface area (Å²) in [5.74, 6) is -2.18. The van der Waals surface area contributed by atoms with Gasteiger partial charge < -0.3 is 9.84 Å². The standard InChI is InChI=1S/C25H23F3O5S/c1-15(2)19-6-4-5-7-21(19)20-10-9-18(25(26,27)28)12-17(20)14-34(31,32)23-13-16(24(29)30)8-11-22(23)33-3/h4-13,15H,14H2,1-3H3,(H,29,30). The van der Waals surface area contributed by atoms with E-state index in [1.54, 1.807) is 12.1 Å². The highest BCUT2D eigenvalue weighted by atomic mass is 32.2. The molecule has 1 N–H and O–H groups in total. The van der Waals surface area contributed by atoms with Crippen molar-refractivity contribution in [2.75, 3.05) is 7.11 Å². The minimum absolute atomic E-state index is 0.0373. The van der Waals surface area contributed by atoms with Gasteiger partial charge in [-0.15, -0.1) is 0 Å². The molecule has 0 saturated carbocycles. The van der Waals surface area contributed by atoms with Crippen molar-refractivity contribution in [1.29, 1.82) is 0 Å². The van der Waals surface area contributed by atoms with Gasteiger partial charge in [0.15, 0.2) is 9.84 Å². The summed E-state index contributed by atoms with van der Waals surface area (Å²) in [6.07, 6.45) is -4.67. The summed E-state index contributed by atoms with van der Waals surface area (Å²) in [6, 6.07) is 13.5. The lowest BCUT2D eigenvalue weighted by atomic mass is 9.90. The first-order valence-electron chi connectivity index (χ1n) is 10.3. The Bertz CT molecular complexity index is 1330. The van der Waals surface area contributed by atoms with Crippen LogP contribution in [0.4, 0.5) is 13.2 Å². The maximum Gasteiger partial charge on any atom is 0.416 e. The molecule has 0 radical (unpaired) electrons. The van der Waals surface area contributed by atoms with Crippen LogP contribution in [0.1, 0.15) is 46.8 Å². The minimum atomic E-state index is -4.67. The maximum atomic E-state index is 13.5. The van der Waals surface area contributed by atoms with Gasteiger partial charge in [0.2, 0.25) is 0 Å². The van der Waals surface area contributed by atoms with Gasteiger partial charge in [0.05, 0.1) is 24.0 Å². The smallest absolute Gasteiger partial charge is 0.416 e. The number of halogens is 3. The van der Waals surface area contributed by atoms with Gasteiger partial charge in [-0.3, -0.25) is 0 Å². The molecule has 0 aliphatic rings. The molecule has 0 bridgehead atoms. The van der Waals surface area contributed by atoms with Gasteiger partial charge in [-0.05, 0) is 58.5 Å². The van der Waals surface area contributed by atoms with Crippen molar-refractivity contribution in [2.45, 2.75) is 36.6 Å². The fraction of sp³-hybridized carbons (Fsp3) is 0.240. The van der Waals surface area contributed by atoms with Gasteiger partial charge in [-0.25, -0.2) is 13.2 Å². The molecule has 0 aromatic heterocycles. The first-order chi connectivity index (χ1) is 15.8. The van der Waals surface area contributed by atoms with Crippen LogP contribution in [0.15, 0.2) is 65.6 Å². The number of carbonyl (C=O) groups is 1. The van der Waals surface area contributed by atoms with Gasteiger partial charge in [-0.1, -0.05) is 44.2 Å². The molecule has 0 atom stereocenters. The van der Waals surface area contributed by atoms with E-state index in [4.69, 9.17) is 4.74 Å². The van der Waals surface area contributed by atoms with Crippen molar-refractivity contribution in [3.63, 3.8) is 0 Å². The number of methoxy groups -OCH3 is 1. The third-order valence-electron chi connectivity index (χ3n) is 5.40. The molecule has 5 nitrogen and oxygen atoms in total. The molecule has 3 rings (SSSR count). The summed E-state index contributed by atoms with van der Waals surface area (Å²) in [6.45, 7) is 3.86. The average Bonchev–Trinajstić information content (AvgIpc) is 2.77. The maximum absolute atomic E-state index is 13.5. The van der Waals surface area contributed by atoms with E-state index in [1.807, 2.05) is 26.0 Å². The largest absolute Gasteiger partial charge is 0.495 e. The Morgan fingerprint density at radius 2 is 1.68 bits per heavy atom. The first-order valence-corrected chi connectivity index (χ1v) is 11.9. The number of hydrogen-bond donors (Lipinski definition) is 1. The number of hydrogen-bond acceptors (Lipinski definition) is 4. The zero-order chi connectivity index (χ0) is 25.3. The van der Waals surface area contributed by atoms with Gasteiger partial charge in [0.1, 0.15) is 10.6 Å². The van der Waals surface area contributed by atoms with E-state index in [0.29, 0.717) is 11.1 Å². The monoisotopic (exact) mass is 492 g/mol. The van der Waals surface area contributed by atoms with E-state index in [9.17, 15) is 31.5 Å². The van der Waals surface area contributed by atoms with Gasteiger partial charge in [0.25, 0.3) is 0 Å². The fourth-order valence-electron chi connectivity index (χ4n) is 3.73. The number of benzene rings is 3. The lowest BCUT2D eigenvalue weighted by molar-refractivity contribution is -0.137. The van der Waals surface area contributed by atoms with Crippen molar-refractivity contribution < 1.29 is 36.2 Å². The van der Waals surface area contributed by atoms with E-state index in [0.717, 1.165) is 23.8 Å². The first kappa shape index (κ1) is 25.3. The molecule has 0 spiro atoms. The molecule has 3 aromatic rings. The summed E-state index contributed by atoms with van der Waals surface area (Å²) in [5.41, 5.74) is 0.525. The molecule has 9 heteroatoms. The topological polar surface area (TPSA) is 80.7 Å². The normalized spacial score (nSPS) is 12.1. The van der Waals surface area contributed by atoms with Crippen LogP contribution < -0.4 is 4.74 Å². The van der Waals surface area contributed by atoms with Crippen molar-refractivity contribution >= 4 is 15.8 Å². The molecule has 0 aliphatic carbocycles. The average molecular weight is 493 g/mol. The van der Waals surface area contributed by atoms with Gasteiger partial charge in [-0.2, -0.15) is 13.2 Å². The second-order valence-corrected chi connectivity index (χ2v) is 10.00. The Labute approximate surface area is 195 Å². The van der Waals surface area contributed by atoms with E-state index in [2.05, 4.69) is 0 Å². The molecule has 34 heavy (non-hydrogen) atoms. The predicted molar refractivity (Wildman–Crippen MR) is 122 cm³/mol. The summed E-state index contributed by atoms with van der Waals surface area (Å²) in [5, 5.41) is 9.27. The molecule has 3 aromatic carbocycles. The zero-order valence-electron chi connectivity index (χ0n) is 18.7. The lowest BCUT2D eigenvalue weighted by Gasteiger charge is -2.19. The Morgan fingerprint density at radius 3 is 2.26 bits per heavy atom. The van der Waals surface area contributed by atoms with Crippen LogP contribution in [0.25, 0.3) is 11.1 Å². The summed E-state index contributed by atoms with van der Waals surface area (Å²) in [7, 11) is -3.07. The van der Waals surface area contributed by atoms with Crippen LogP contribution in [-0.4, -0.2) is 26.6 Å². The second-order valence-electron chi connectivity index (χ2n) is 8.04. The molecular formula is C25H23F3O5S. The molecular weight excluding hydrogens is 469 g/mol. The third-order valence-corrected chi connectivity index (χ3v) is 7.08. The quantitative estimate of drug-likeness (QED) is 0.426. The number of alkyl halides is 3. The molecule has 0 saturated heterocycles. The SMILES string of the molecule is COc1ccc(C(=O)O)cc1S(=O)(=O)Cc1cc(C(F)(F)F)ccc1-c1ccccc1C(C)C. The summed E-state index contributed by atoms with van der Waals surface area (Å²) < 4.78 is 72.3. The van der Waals surface area contributed by atoms with Crippen LogP contribution in [-0.2, 0) is 21.8 Å². The number of rotatable bonds is 7. The Hall–Kier alpha value is -3.33. The molecule has 180 valence electrons. The number of aromatic carboxylic acids is 1. The van der Waals surface area contributed by atoms with Crippen LogP contribution in [0.5, 0.6) is 5.75 Å². The Kier molecular flexibility index (Phi) is 7.07. The predicted octanol–water partition coefficient (Wildman–Crippen LogP) is 6.18. The van der Waals surface area contributed by atoms with Gasteiger partial charge in [0, 0.05) is 0 Å². The van der Waals surface area contributed by atoms with E-state index < -0.39 is 38.2 Å².